The summed E-state index contributed by atoms with van der Waals surface area (Å²) < 4.78 is 4.75. The number of nitrogens with one attached hydrogen (secondary N) is 3. The molecule has 0 unspecified atom stereocenters. The van der Waals surface area contributed by atoms with Crippen LogP contribution in [0.15, 0.2) is 24.3 Å². The SMILES string of the molecule is CCOC(=O)CCNC(=O)Nc1nc2ccccc2[nH]1. The van der Waals surface area contributed by atoms with Crippen molar-refractivity contribution >= 4 is 29.0 Å². The van der Waals surface area contributed by atoms with Crippen LogP contribution in [0.2, 0.25) is 0 Å². The summed E-state index contributed by atoms with van der Waals surface area (Å²) >= 11 is 0. The molecule has 0 radical (unpaired) electrons. The van der Waals surface area contributed by atoms with E-state index in [1.807, 2.05) is 24.3 Å². The Morgan fingerprint density at radius 2 is 2.15 bits per heavy atom. The van der Waals surface area contributed by atoms with Crippen molar-refractivity contribution < 1.29 is 14.3 Å². The minimum atomic E-state index is -0.423. The van der Waals surface area contributed by atoms with E-state index < -0.39 is 6.03 Å². The van der Waals surface area contributed by atoms with Crippen molar-refractivity contribution in [3.05, 3.63) is 24.3 Å². The maximum Gasteiger partial charge on any atom is 0.321 e. The second-order valence-corrected chi connectivity index (χ2v) is 4.04. The smallest absolute Gasteiger partial charge is 0.321 e. The zero-order valence-corrected chi connectivity index (χ0v) is 11.1. The number of H-pyrrole nitrogens is 1. The average Bonchev–Trinajstić information content (AvgIpc) is 2.80. The van der Waals surface area contributed by atoms with Crippen molar-refractivity contribution in [2.45, 2.75) is 13.3 Å². The number of imidazole rings is 1. The summed E-state index contributed by atoms with van der Waals surface area (Å²) in [4.78, 5) is 29.9. The summed E-state index contributed by atoms with van der Waals surface area (Å²) in [6.45, 7) is 2.29. The summed E-state index contributed by atoms with van der Waals surface area (Å²) in [6, 6.07) is 7.03. The lowest BCUT2D eigenvalue weighted by Gasteiger charge is -2.05. The standard InChI is InChI=1S/C13H16N4O3/c1-2-20-11(18)7-8-14-13(19)17-12-15-9-5-3-4-6-10(9)16-12/h3-6H,2,7-8H2,1H3,(H3,14,15,16,17,19). The highest BCUT2D eigenvalue weighted by Crippen LogP contribution is 2.12. The lowest BCUT2D eigenvalue weighted by atomic mass is 10.3. The van der Waals surface area contributed by atoms with Crippen molar-refractivity contribution in [3.63, 3.8) is 0 Å². The minimum Gasteiger partial charge on any atom is -0.466 e. The van der Waals surface area contributed by atoms with Gasteiger partial charge in [0.25, 0.3) is 0 Å². The number of fused-ring (bicyclic) bond motifs is 1. The first-order chi connectivity index (χ1) is 9.69. The molecule has 1 aromatic carbocycles. The molecule has 0 spiro atoms. The Labute approximate surface area is 115 Å². The molecule has 7 nitrogen and oxygen atoms in total. The van der Waals surface area contributed by atoms with E-state index in [9.17, 15) is 9.59 Å². The molecule has 0 saturated heterocycles. The zero-order chi connectivity index (χ0) is 14.4. The maximum absolute atomic E-state index is 11.6. The third-order valence-corrected chi connectivity index (χ3v) is 2.54. The predicted molar refractivity (Wildman–Crippen MR) is 74.4 cm³/mol. The topological polar surface area (TPSA) is 96.1 Å². The third-order valence-electron chi connectivity index (χ3n) is 2.54. The second-order valence-electron chi connectivity index (χ2n) is 4.04. The van der Waals surface area contributed by atoms with Crippen LogP contribution in [0.4, 0.5) is 10.7 Å². The second kappa shape index (κ2) is 6.55. The molecule has 3 N–H and O–H groups in total. The molecule has 0 aliphatic heterocycles. The molecule has 2 rings (SSSR count). The minimum absolute atomic E-state index is 0.140. The van der Waals surface area contributed by atoms with Gasteiger partial charge in [-0.05, 0) is 19.1 Å². The number of ether oxygens (including phenoxy) is 1. The Bertz CT molecular complexity index is 575. The quantitative estimate of drug-likeness (QED) is 0.723. The molecule has 0 bridgehead atoms. The maximum atomic E-state index is 11.6. The Morgan fingerprint density at radius 1 is 1.35 bits per heavy atom. The number of carbonyl (C=O) groups excluding carboxylic acids is 2. The number of hydrogen-bond donors (Lipinski definition) is 3. The Kier molecular flexibility index (Phi) is 4.54. The first kappa shape index (κ1) is 13.9. The average molecular weight is 276 g/mol. The first-order valence-electron chi connectivity index (χ1n) is 6.34. The highest BCUT2D eigenvalue weighted by Gasteiger charge is 2.07. The lowest BCUT2D eigenvalue weighted by molar-refractivity contribution is -0.142. The van der Waals surface area contributed by atoms with Crippen molar-refractivity contribution in [1.82, 2.24) is 15.3 Å². The van der Waals surface area contributed by atoms with Crippen molar-refractivity contribution in [3.8, 4) is 0 Å². The van der Waals surface area contributed by atoms with E-state index in [4.69, 9.17) is 4.74 Å². The Hall–Kier alpha value is -2.57. The van der Waals surface area contributed by atoms with Crippen LogP contribution in [0, 0.1) is 0 Å². The molecule has 0 atom stereocenters. The van der Waals surface area contributed by atoms with Crippen LogP contribution in [0.1, 0.15) is 13.3 Å². The van der Waals surface area contributed by atoms with Gasteiger partial charge in [-0.3, -0.25) is 10.1 Å². The Morgan fingerprint density at radius 3 is 2.90 bits per heavy atom. The number of carbonyl (C=O) groups is 2. The fraction of sp³-hybridized carbons (Fsp3) is 0.308. The molecule has 1 heterocycles. The number of amides is 2. The molecule has 0 aliphatic rings. The van der Waals surface area contributed by atoms with Crippen LogP contribution < -0.4 is 10.6 Å². The fourth-order valence-electron chi connectivity index (χ4n) is 1.67. The number of urea groups is 1. The van der Waals surface area contributed by atoms with E-state index in [-0.39, 0.29) is 18.9 Å². The van der Waals surface area contributed by atoms with Crippen LogP contribution in [-0.2, 0) is 9.53 Å². The van der Waals surface area contributed by atoms with Gasteiger partial charge in [0, 0.05) is 6.54 Å². The number of aromatic nitrogens is 2. The van der Waals surface area contributed by atoms with Crippen molar-refractivity contribution in [2.75, 3.05) is 18.5 Å². The first-order valence-corrected chi connectivity index (χ1v) is 6.34. The number of para-hydroxylation sites is 2. The van der Waals surface area contributed by atoms with Crippen molar-refractivity contribution in [2.24, 2.45) is 0 Å². The number of nitrogens with zero attached hydrogens (tertiary/aromatic N) is 1. The molecule has 2 aromatic rings. The summed E-state index contributed by atoms with van der Waals surface area (Å²) in [5.74, 6) is 0.0244. The van der Waals surface area contributed by atoms with Crippen LogP contribution in [0.5, 0.6) is 0 Å². The fourth-order valence-corrected chi connectivity index (χ4v) is 1.67. The highest BCUT2D eigenvalue weighted by molar-refractivity contribution is 5.89. The number of rotatable bonds is 5. The summed E-state index contributed by atoms with van der Waals surface area (Å²) in [7, 11) is 0. The molecule has 1 aromatic heterocycles. The van der Waals surface area contributed by atoms with Gasteiger partial charge in [-0.15, -0.1) is 0 Å². The summed E-state index contributed by atoms with van der Waals surface area (Å²) in [5, 5.41) is 5.12. The molecule has 106 valence electrons. The van der Waals surface area contributed by atoms with Gasteiger partial charge in [-0.25, -0.2) is 9.78 Å². The van der Waals surface area contributed by atoms with Gasteiger partial charge in [0.15, 0.2) is 0 Å². The van der Waals surface area contributed by atoms with Gasteiger partial charge in [0.1, 0.15) is 0 Å². The normalized spacial score (nSPS) is 10.2. The number of aromatic amines is 1. The van der Waals surface area contributed by atoms with Crippen molar-refractivity contribution in [1.29, 1.82) is 0 Å². The molecule has 20 heavy (non-hydrogen) atoms. The summed E-state index contributed by atoms with van der Waals surface area (Å²) in [6.07, 6.45) is 0.140. The third kappa shape index (κ3) is 3.71. The van der Waals surface area contributed by atoms with E-state index in [1.165, 1.54) is 0 Å². The van der Waals surface area contributed by atoms with E-state index in [2.05, 4.69) is 20.6 Å². The van der Waals surface area contributed by atoms with E-state index >= 15 is 0 Å². The van der Waals surface area contributed by atoms with E-state index in [1.54, 1.807) is 6.92 Å². The molecule has 0 saturated carbocycles. The van der Waals surface area contributed by atoms with Gasteiger partial charge in [-0.1, -0.05) is 12.1 Å². The monoisotopic (exact) mass is 276 g/mol. The van der Waals surface area contributed by atoms with Gasteiger partial charge in [-0.2, -0.15) is 0 Å². The van der Waals surface area contributed by atoms with Crippen LogP contribution >= 0.6 is 0 Å². The van der Waals surface area contributed by atoms with E-state index in [0.717, 1.165) is 11.0 Å². The molecule has 7 heteroatoms. The highest BCUT2D eigenvalue weighted by atomic mass is 16.5. The molecule has 0 fully saturated rings. The largest absolute Gasteiger partial charge is 0.466 e. The number of anilines is 1. The predicted octanol–water partition coefficient (Wildman–Crippen LogP) is 1.64. The zero-order valence-electron chi connectivity index (χ0n) is 11.1. The van der Waals surface area contributed by atoms with Crippen LogP contribution in [0.25, 0.3) is 11.0 Å². The summed E-state index contributed by atoms with van der Waals surface area (Å²) in [5.41, 5.74) is 1.61. The molecular formula is C13H16N4O3. The number of benzene rings is 1. The van der Waals surface area contributed by atoms with Gasteiger partial charge in [0.2, 0.25) is 5.95 Å². The van der Waals surface area contributed by atoms with Crippen LogP contribution in [-0.4, -0.2) is 35.1 Å². The Balaban J connectivity index is 1.81. The molecular weight excluding hydrogens is 260 g/mol. The number of hydrogen-bond acceptors (Lipinski definition) is 4. The molecule has 0 aliphatic carbocycles. The molecule has 2 amide bonds. The number of esters is 1. The van der Waals surface area contributed by atoms with Crippen LogP contribution in [0.3, 0.4) is 0 Å². The lowest BCUT2D eigenvalue weighted by Crippen LogP contribution is -2.31. The van der Waals surface area contributed by atoms with Gasteiger partial charge in [0.05, 0.1) is 24.1 Å². The van der Waals surface area contributed by atoms with Gasteiger partial charge >= 0.3 is 12.0 Å². The van der Waals surface area contributed by atoms with E-state index in [0.29, 0.717) is 12.6 Å². The van der Waals surface area contributed by atoms with Gasteiger partial charge < -0.3 is 15.0 Å².